The summed E-state index contributed by atoms with van der Waals surface area (Å²) in [6.45, 7) is 3.74. The number of ether oxygens (including phenoxy) is 1. The van der Waals surface area contributed by atoms with E-state index in [4.69, 9.17) is 4.74 Å². The fraction of sp³-hybridized carbons (Fsp3) is 0.250. The van der Waals surface area contributed by atoms with E-state index in [0.717, 1.165) is 52.5 Å². The number of aromatic nitrogens is 3. The van der Waals surface area contributed by atoms with E-state index in [9.17, 15) is 0 Å². The zero-order valence-corrected chi connectivity index (χ0v) is 18.1. The molecule has 0 spiro atoms. The maximum atomic E-state index is 5.85. The molecule has 0 aliphatic carbocycles. The molecule has 160 valence electrons. The van der Waals surface area contributed by atoms with Gasteiger partial charge in [0.25, 0.3) is 0 Å². The summed E-state index contributed by atoms with van der Waals surface area (Å²) in [4.78, 5) is 14.4. The van der Waals surface area contributed by atoms with E-state index in [1.165, 1.54) is 0 Å². The minimum Gasteiger partial charge on any atom is -0.493 e. The highest BCUT2D eigenvalue weighted by molar-refractivity contribution is 5.84. The van der Waals surface area contributed by atoms with Crippen molar-refractivity contribution in [1.82, 2.24) is 19.9 Å². The van der Waals surface area contributed by atoms with Gasteiger partial charge in [-0.1, -0.05) is 6.07 Å². The van der Waals surface area contributed by atoms with Crippen molar-refractivity contribution in [3.63, 3.8) is 0 Å². The summed E-state index contributed by atoms with van der Waals surface area (Å²) in [5, 5.41) is 7.77. The number of benzene rings is 2. The first kappa shape index (κ1) is 20.7. The van der Waals surface area contributed by atoms with Gasteiger partial charge in [-0.2, -0.15) is 4.98 Å². The van der Waals surface area contributed by atoms with E-state index in [1.807, 2.05) is 36.4 Å². The third-order valence-corrected chi connectivity index (χ3v) is 4.79. The molecule has 0 unspecified atom stereocenters. The number of nitrogens with zero attached hydrogens (tertiary/aromatic N) is 3. The summed E-state index contributed by atoms with van der Waals surface area (Å²) in [6.07, 6.45) is 2.72. The van der Waals surface area contributed by atoms with Crippen LogP contribution in [-0.4, -0.2) is 47.1 Å². The van der Waals surface area contributed by atoms with Gasteiger partial charge < -0.3 is 25.3 Å². The molecule has 2 aromatic carbocycles. The Kier molecular flexibility index (Phi) is 6.33. The molecule has 7 nitrogen and oxygen atoms in total. The molecule has 7 heteroatoms. The van der Waals surface area contributed by atoms with Gasteiger partial charge >= 0.3 is 0 Å². The Hall–Kier alpha value is -3.58. The summed E-state index contributed by atoms with van der Waals surface area (Å²) in [5.74, 6) is 2.07. The Morgan fingerprint density at radius 2 is 1.87 bits per heavy atom. The van der Waals surface area contributed by atoms with Crippen molar-refractivity contribution in [3.05, 3.63) is 66.5 Å². The Bertz CT molecular complexity index is 1150. The summed E-state index contributed by atoms with van der Waals surface area (Å²) < 4.78 is 5.85. The maximum absolute atomic E-state index is 5.85. The van der Waals surface area contributed by atoms with Gasteiger partial charge in [-0.05, 0) is 69.9 Å². The lowest BCUT2D eigenvalue weighted by molar-refractivity contribution is 0.281. The predicted molar refractivity (Wildman–Crippen MR) is 127 cm³/mol. The molecule has 0 saturated heterocycles. The molecule has 2 heterocycles. The van der Waals surface area contributed by atoms with Crippen LogP contribution in [0.4, 0.5) is 23.1 Å². The van der Waals surface area contributed by atoms with Crippen LogP contribution in [0.15, 0.2) is 60.8 Å². The zero-order valence-electron chi connectivity index (χ0n) is 18.1. The van der Waals surface area contributed by atoms with Crippen LogP contribution in [0.5, 0.6) is 5.75 Å². The van der Waals surface area contributed by atoms with Gasteiger partial charge in [-0.25, -0.2) is 4.98 Å². The lowest BCUT2D eigenvalue weighted by atomic mass is 10.2. The SMILES string of the molecule is Cc1cc2cc(Nc3ccnc(Nc4cccc(OCCCN(C)C)c4)n3)ccc2[nH]1. The molecule has 0 atom stereocenters. The van der Waals surface area contributed by atoms with Crippen molar-refractivity contribution in [3.8, 4) is 5.75 Å². The van der Waals surface area contributed by atoms with Crippen LogP contribution in [0, 0.1) is 6.92 Å². The second kappa shape index (κ2) is 9.49. The van der Waals surface area contributed by atoms with Gasteiger partial charge in [0.1, 0.15) is 11.6 Å². The van der Waals surface area contributed by atoms with Crippen LogP contribution in [0.3, 0.4) is 0 Å². The van der Waals surface area contributed by atoms with Crippen molar-refractivity contribution in [2.45, 2.75) is 13.3 Å². The number of rotatable bonds is 9. The lowest BCUT2D eigenvalue weighted by Crippen LogP contribution is -2.15. The fourth-order valence-electron chi connectivity index (χ4n) is 3.36. The smallest absolute Gasteiger partial charge is 0.229 e. The molecule has 0 saturated carbocycles. The number of anilines is 4. The van der Waals surface area contributed by atoms with E-state index in [-0.39, 0.29) is 0 Å². The summed E-state index contributed by atoms with van der Waals surface area (Å²) >= 11 is 0. The third kappa shape index (κ3) is 5.73. The number of aromatic amines is 1. The molecule has 0 aliphatic rings. The minimum absolute atomic E-state index is 0.522. The van der Waals surface area contributed by atoms with Crippen LogP contribution in [0.1, 0.15) is 12.1 Å². The van der Waals surface area contributed by atoms with Gasteiger partial charge in [-0.15, -0.1) is 0 Å². The topological polar surface area (TPSA) is 78.1 Å². The van der Waals surface area contributed by atoms with Crippen molar-refractivity contribution in [2.24, 2.45) is 0 Å². The van der Waals surface area contributed by atoms with E-state index in [0.29, 0.717) is 12.6 Å². The monoisotopic (exact) mass is 416 g/mol. The fourth-order valence-corrected chi connectivity index (χ4v) is 3.36. The normalized spacial score (nSPS) is 11.1. The van der Waals surface area contributed by atoms with Gasteiger partial charge in [0.15, 0.2) is 0 Å². The first-order valence-electron chi connectivity index (χ1n) is 10.4. The zero-order chi connectivity index (χ0) is 21.6. The van der Waals surface area contributed by atoms with Crippen LogP contribution in [0.25, 0.3) is 10.9 Å². The molecule has 3 N–H and O–H groups in total. The molecular formula is C24H28N6O. The lowest BCUT2D eigenvalue weighted by Gasteiger charge is -2.12. The quantitative estimate of drug-likeness (QED) is 0.330. The van der Waals surface area contributed by atoms with Crippen LogP contribution in [0.2, 0.25) is 0 Å². The van der Waals surface area contributed by atoms with Crippen LogP contribution < -0.4 is 15.4 Å². The average molecular weight is 417 g/mol. The Morgan fingerprint density at radius 3 is 2.74 bits per heavy atom. The molecule has 4 aromatic rings. The molecule has 0 bridgehead atoms. The van der Waals surface area contributed by atoms with Crippen molar-refractivity contribution in [1.29, 1.82) is 0 Å². The molecule has 4 rings (SSSR count). The number of fused-ring (bicyclic) bond motifs is 1. The van der Waals surface area contributed by atoms with Crippen LogP contribution in [-0.2, 0) is 0 Å². The standard InChI is InChI=1S/C24H28N6O/c1-17-14-18-15-20(8-9-22(18)26-17)27-23-10-11-25-24(29-23)28-19-6-4-7-21(16-19)31-13-5-12-30(2)3/h4,6-11,14-16,26H,5,12-13H2,1-3H3,(H2,25,27,28,29). The van der Waals surface area contributed by atoms with Gasteiger partial charge in [0, 0.05) is 46.8 Å². The highest BCUT2D eigenvalue weighted by Gasteiger charge is 2.04. The second-order valence-electron chi connectivity index (χ2n) is 7.80. The van der Waals surface area contributed by atoms with E-state index in [1.54, 1.807) is 6.20 Å². The number of hydrogen-bond acceptors (Lipinski definition) is 6. The summed E-state index contributed by atoms with van der Waals surface area (Å²) in [5.41, 5.74) is 4.12. The summed E-state index contributed by atoms with van der Waals surface area (Å²) in [7, 11) is 4.13. The van der Waals surface area contributed by atoms with E-state index < -0.39 is 0 Å². The molecule has 31 heavy (non-hydrogen) atoms. The molecule has 0 amide bonds. The van der Waals surface area contributed by atoms with E-state index >= 15 is 0 Å². The van der Waals surface area contributed by atoms with Gasteiger partial charge in [0.05, 0.1) is 6.61 Å². The molecule has 0 aliphatic heterocycles. The molecular weight excluding hydrogens is 388 g/mol. The molecule has 2 aromatic heterocycles. The predicted octanol–water partition coefficient (Wildman–Crippen LogP) is 5.08. The van der Waals surface area contributed by atoms with Crippen molar-refractivity contribution < 1.29 is 4.74 Å². The number of hydrogen-bond donors (Lipinski definition) is 3. The average Bonchev–Trinajstić information content (AvgIpc) is 3.11. The van der Waals surface area contributed by atoms with Crippen molar-refractivity contribution >= 4 is 34.0 Å². The van der Waals surface area contributed by atoms with Gasteiger partial charge in [0.2, 0.25) is 5.95 Å². The second-order valence-corrected chi connectivity index (χ2v) is 7.80. The number of nitrogens with one attached hydrogen (secondary N) is 3. The summed E-state index contributed by atoms with van der Waals surface area (Å²) in [6, 6.07) is 18.0. The maximum Gasteiger partial charge on any atom is 0.229 e. The van der Waals surface area contributed by atoms with Crippen LogP contribution >= 0.6 is 0 Å². The largest absolute Gasteiger partial charge is 0.493 e. The van der Waals surface area contributed by atoms with Gasteiger partial charge in [-0.3, -0.25) is 0 Å². The highest BCUT2D eigenvalue weighted by Crippen LogP contribution is 2.24. The Labute approximate surface area is 182 Å². The Balaban J connectivity index is 1.40. The first-order chi connectivity index (χ1) is 15.0. The van der Waals surface area contributed by atoms with Crippen molar-refractivity contribution in [2.75, 3.05) is 37.9 Å². The molecule has 0 fully saturated rings. The molecule has 0 radical (unpaired) electrons. The third-order valence-electron chi connectivity index (χ3n) is 4.79. The van der Waals surface area contributed by atoms with E-state index in [2.05, 4.69) is 69.7 Å². The first-order valence-corrected chi connectivity index (χ1v) is 10.4. The highest BCUT2D eigenvalue weighted by atomic mass is 16.5. The number of aryl methyl sites for hydroxylation is 1. The Morgan fingerprint density at radius 1 is 1.00 bits per heavy atom. The number of H-pyrrole nitrogens is 1. The minimum atomic E-state index is 0.522.